The summed E-state index contributed by atoms with van der Waals surface area (Å²) in [6.45, 7) is 5.52. The third-order valence-electron chi connectivity index (χ3n) is 5.29. The lowest BCUT2D eigenvalue weighted by Gasteiger charge is -2.49. The van der Waals surface area contributed by atoms with Gasteiger partial charge in [0.25, 0.3) is 0 Å². The Morgan fingerprint density at radius 3 is 2.76 bits per heavy atom. The Labute approximate surface area is 169 Å². The largest absolute Gasteiger partial charge is 0.388 e. The molecule has 2 aromatic carbocycles. The summed E-state index contributed by atoms with van der Waals surface area (Å²) >= 11 is 0. The van der Waals surface area contributed by atoms with E-state index in [4.69, 9.17) is 18.9 Å². The zero-order chi connectivity index (χ0) is 20.6. The first-order chi connectivity index (χ1) is 13.8. The molecule has 4 rings (SSSR count). The molecule has 2 saturated heterocycles. The van der Waals surface area contributed by atoms with Crippen molar-refractivity contribution in [1.82, 2.24) is 5.32 Å². The number of aliphatic hydroxyl groups excluding tert-OH is 1. The van der Waals surface area contributed by atoms with E-state index in [-0.39, 0.29) is 19.1 Å². The molecule has 0 radical (unpaired) electrons. The van der Waals surface area contributed by atoms with Gasteiger partial charge in [-0.2, -0.15) is 0 Å². The van der Waals surface area contributed by atoms with Crippen molar-refractivity contribution >= 4 is 16.7 Å². The molecule has 0 spiro atoms. The fourth-order valence-corrected chi connectivity index (χ4v) is 3.88. The molecule has 2 aliphatic rings. The smallest absolute Gasteiger partial charge is 0.217 e. The van der Waals surface area contributed by atoms with Crippen molar-refractivity contribution in [2.24, 2.45) is 0 Å². The average molecular weight is 401 g/mol. The van der Waals surface area contributed by atoms with Gasteiger partial charge in [-0.1, -0.05) is 36.4 Å². The highest BCUT2D eigenvalue weighted by Crippen LogP contribution is 2.33. The summed E-state index contributed by atoms with van der Waals surface area (Å²) < 4.78 is 23.5. The van der Waals surface area contributed by atoms with Gasteiger partial charge >= 0.3 is 0 Å². The number of rotatable bonds is 4. The quantitative estimate of drug-likeness (QED) is 0.816. The van der Waals surface area contributed by atoms with E-state index in [1.165, 1.54) is 6.92 Å². The Bertz CT molecular complexity index is 884. The number of carbonyl (C=O) groups is 1. The normalized spacial score (nSPS) is 31.2. The molecule has 2 aliphatic heterocycles. The van der Waals surface area contributed by atoms with Crippen molar-refractivity contribution in [3.8, 4) is 0 Å². The van der Waals surface area contributed by atoms with Crippen LogP contribution in [0.4, 0.5) is 0 Å². The molecule has 1 amide bonds. The highest BCUT2D eigenvalue weighted by Gasteiger charge is 2.51. The van der Waals surface area contributed by atoms with Gasteiger partial charge < -0.3 is 29.4 Å². The molecule has 7 heteroatoms. The second-order valence-electron chi connectivity index (χ2n) is 8.05. The second-order valence-corrected chi connectivity index (χ2v) is 8.05. The maximum absolute atomic E-state index is 11.7. The van der Waals surface area contributed by atoms with Gasteiger partial charge in [0, 0.05) is 6.92 Å². The monoisotopic (exact) mass is 401 g/mol. The van der Waals surface area contributed by atoms with E-state index >= 15 is 0 Å². The van der Waals surface area contributed by atoms with Gasteiger partial charge in [-0.05, 0) is 36.2 Å². The molecule has 156 valence electrons. The third kappa shape index (κ3) is 4.44. The lowest BCUT2D eigenvalue weighted by molar-refractivity contribution is -0.369. The summed E-state index contributed by atoms with van der Waals surface area (Å²) in [4.78, 5) is 11.7. The lowest BCUT2D eigenvalue weighted by Crippen LogP contribution is -2.68. The van der Waals surface area contributed by atoms with E-state index in [1.54, 1.807) is 13.8 Å². The first-order valence-electron chi connectivity index (χ1n) is 9.84. The number of amides is 1. The second kappa shape index (κ2) is 8.01. The lowest BCUT2D eigenvalue weighted by atomic mass is 9.95. The molecule has 5 atom stereocenters. The number of nitrogens with one attached hydrogen (secondary N) is 1. The van der Waals surface area contributed by atoms with E-state index in [9.17, 15) is 9.90 Å². The van der Waals surface area contributed by atoms with Gasteiger partial charge in [-0.25, -0.2) is 0 Å². The predicted octanol–water partition coefficient (Wildman–Crippen LogP) is 2.10. The molecule has 0 aromatic heterocycles. The number of benzene rings is 2. The molecule has 0 saturated carbocycles. The molecule has 0 aliphatic carbocycles. The van der Waals surface area contributed by atoms with Crippen molar-refractivity contribution < 1.29 is 28.8 Å². The Morgan fingerprint density at radius 2 is 2.00 bits per heavy atom. The predicted molar refractivity (Wildman–Crippen MR) is 106 cm³/mol. The summed E-state index contributed by atoms with van der Waals surface area (Å²) in [5, 5.41) is 15.9. The number of aliphatic hydroxyl groups is 1. The van der Waals surface area contributed by atoms with Crippen LogP contribution in [-0.2, 0) is 30.3 Å². The topological polar surface area (TPSA) is 86.3 Å². The van der Waals surface area contributed by atoms with Gasteiger partial charge in [-0.3, -0.25) is 4.79 Å². The summed E-state index contributed by atoms with van der Waals surface area (Å²) in [6, 6.07) is 13.4. The van der Waals surface area contributed by atoms with Crippen molar-refractivity contribution in [1.29, 1.82) is 0 Å². The Morgan fingerprint density at radius 1 is 1.24 bits per heavy atom. The average Bonchev–Trinajstić information content (AvgIpc) is 2.68. The van der Waals surface area contributed by atoms with Crippen LogP contribution in [0.3, 0.4) is 0 Å². The van der Waals surface area contributed by atoms with E-state index in [1.807, 2.05) is 30.3 Å². The minimum Gasteiger partial charge on any atom is -0.388 e. The zero-order valence-corrected chi connectivity index (χ0v) is 16.8. The van der Waals surface area contributed by atoms with Crippen molar-refractivity contribution in [3.05, 3.63) is 48.0 Å². The van der Waals surface area contributed by atoms with E-state index in [0.717, 1.165) is 16.3 Å². The Kier molecular flexibility index (Phi) is 5.59. The highest BCUT2D eigenvalue weighted by molar-refractivity contribution is 5.82. The number of hydrogen-bond donors (Lipinski definition) is 2. The molecule has 0 bridgehead atoms. The molecule has 2 aromatic rings. The van der Waals surface area contributed by atoms with Gasteiger partial charge in [0.15, 0.2) is 12.1 Å². The fourth-order valence-electron chi connectivity index (χ4n) is 3.88. The maximum Gasteiger partial charge on any atom is 0.217 e. The van der Waals surface area contributed by atoms with Crippen LogP contribution in [0.2, 0.25) is 0 Å². The van der Waals surface area contributed by atoms with Crippen LogP contribution in [-0.4, -0.2) is 54.1 Å². The van der Waals surface area contributed by atoms with Crippen LogP contribution in [0.5, 0.6) is 0 Å². The summed E-state index contributed by atoms with van der Waals surface area (Å²) in [6.07, 6.45) is -2.90. The minimum atomic E-state index is -0.984. The minimum absolute atomic E-state index is 0.275. The summed E-state index contributed by atoms with van der Waals surface area (Å²) in [5.74, 6) is -1.10. The van der Waals surface area contributed by atoms with Crippen LogP contribution in [0.25, 0.3) is 10.8 Å². The Balaban J connectivity index is 1.50. The van der Waals surface area contributed by atoms with Crippen LogP contribution in [0.15, 0.2) is 42.5 Å². The zero-order valence-electron chi connectivity index (χ0n) is 16.8. The van der Waals surface area contributed by atoms with Crippen LogP contribution in [0, 0.1) is 0 Å². The number of fused-ring (bicyclic) bond motifs is 2. The van der Waals surface area contributed by atoms with E-state index < -0.39 is 36.4 Å². The molecule has 2 heterocycles. The Hall–Kier alpha value is -2.03. The molecular formula is C22H27NO6. The van der Waals surface area contributed by atoms with Gasteiger partial charge in [0.1, 0.15) is 24.4 Å². The first-order valence-corrected chi connectivity index (χ1v) is 9.84. The SMILES string of the molecule is CC(=O)N[C@H]1[C@H](OCc2ccc3ccccc3c2)O[C@H]2COC(C)(C)O[C@@H]2[C@H]1O. The fraction of sp³-hybridized carbons (Fsp3) is 0.500. The first kappa shape index (κ1) is 20.3. The van der Waals surface area contributed by atoms with Gasteiger partial charge in [-0.15, -0.1) is 0 Å². The number of carbonyl (C=O) groups excluding carboxylic acids is 1. The summed E-state index contributed by atoms with van der Waals surface area (Å²) in [5.41, 5.74) is 0.975. The van der Waals surface area contributed by atoms with Crippen LogP contribution in [0.1, 0.15) is 26.3 Å². The number of hydrogen-bond acceptors (Lipinski definition) is 6. The van der Waals surface area contributed by atoms with Gasteiger partial charge in [0.05, 0.1) is 13.2 Å². The van der Waals surface area contributed by atoms with Crippen molar-refractivity contribution in [2.75, 3.05) is 6.61 Å². The maximum atomic E-state index is 11.7. The molecule has 0 unspecified atom stereocenters. The highest BCUT2D eigenvalue weighted by atomic mass is 16.8. The van der Waals surface area contributed by atoms with Crippen LogP contribution < -0.4 is 5.32 Å². The molecule has 29 heavy (non-hydrogen) atoms. The standard InChI is InChI=1S/C22H27NO6/c1-13(24)23-18-19(25)20-17(12-27-22(2,3)29-20)28-21(18)26-11-14-8-9-15-6-4-5-7-16(15)10-14/h4-10,17-21,25H,11-12H2,1-3H3,(H,23,24)/t17-,18+,19-,20-,21+/m0/s1. The molecule has 2 N–H and O–H groups in total. The third-order valence-corrected chi connectivity index (χ3v) is 5.29. The van der Waals surface area contributed by atoms with Gasteiger partial charge in [0.2, 0.25) is 5.91 Å². The molecule has 7 nitrogen and oxygen atoms in total. The summed E-state index contributed by atoms with van der Waals surface area (Å²) in [7, 11) is 0. The van der Waals surface area contributed by atoms with Crippen molar-refractivity contribution in [2.45, 2.75) is 63.8 Å². The van der Waals surface area contributed by atoms with E-state index in [0.29, 0.717) is 0 Å². The number of ether oxygens (including phenoxy) is 4. The van der Waals surface area contributed by atoms with Crippen molar-refractivity contribution in [3.63, 3.8) is 0 Å². The molecule has 2 fully saturated rings. The molecular weight excluding hydrogens is 374 g/mol. The van der Waals surface area contributed by atoms with Crippen LogP contribution >= 0.6 is 0 Å². The van der Waals surface area contributed by atoms with E-state index in [2.05, 4.69) is 17.4 Å².